The number of carbonyl (C=O) groups is 6. The van der Waals surface area contributed by atoms with E-state index in [4.69, 9.17) is 29.2 Å². The number of carboxylic acid groups (broad SMARTS) is 2. The predicted octanol–water partition coefficient (Wildman–Crippen LogP) is 2.29. The minimum absolute atomic E-state index is 0.0365. The van der Waals surface area contributed by atoms with Gasteiger partial charge in [0, 0.05) is 13.1 Å². The summed E-state index contributed by atoms with van der Waals surface area (Å²) in [5.41, 5.74) is 0. The lowest BCUT2D eigenvalue weighted by Gasteiger charge is -2.14. The van der Waals surface area contributed by atoms with Crippen molar-refractivity contribution in [3.63, 3.8) is 0 Å². The topological polar surface area (TPSA) is 228 Å². The third-order valence-corrected chi connectivity index (χ3v) is 5.23. The molecule has 4 amide bonds. The molecule has 0 heterocycles. The Hall–Kier alpha value is -4.50. The van der Waals surface area contributed by atoms with Crippen molar-refractivity contribution in [1.82, 2.24) is 21.3 Å². The monoisotopic (exact) mass is 602 g/mol. The summed E-state index contributed by atoms with van der Waals surface area (Å²) >= 11 is 0. The van der Waals surface area contributed by atoms with Crippen molar-refractivity contribution in [1.29, 1.82) is 0 Å². The Morgan fingerprint density at radius 2 is 0.952 bits per heavy atom. The number of amides is 4. The minimum Gasteiger partial charge on any atom is -0.480 e. The highest BCUT2D eigenvalue weighted by atomic mass is 16.6. The lowest BCUT2D eigenvalue weighted by molar-refractivity contribution is -0.140. The molecule has 0 fully saturated rings. The molecule has 0 aromatic heterocycles. The number of nitrogens with one attached hydrogen (secondary N) is 4. The molecule has 16 heteroatoms. The second-order valence-electron chi connectivity index (χ2n) is 8.67. The SMILES string of the molecule is C=CCOC(=O)NC(CCCCNC(=O)OCCCCOC(=O)NCCCCC(NC(=O)OCC=C)C(=O)O)C(=O)O. The van der Waals surface area contributed by atoms with Crippen LogP contribution in [-0.4, -0.2) is 98.1 Å². The van der Waals surface area contributed by atoms with Crippen molar-refractivity contribution in [2.75, 3.05) is 39.5 Å². The largest absolute Gasteiger partial charge is 0.480 e. The zero-order valence-electron chi connectivity index (χ0n) is 23.6. The van der Waals surface area contributed by atoms with Gasteiger partial charge in [0.15, 0.2) is 0 Å². The van der Waals surface area contributed by atoms with Crippen molar-refractivity contribution in [2.45, 2.75) is 63.5 Å². The summed E-state index contributed by atoms with van der Waals surface area (Å²) in [5.74, 6) is -2.39. The van der Waals surface area contributed by atoms with Gasteiger partial charge in [0.1, 0.15) is 25.3 Å². The first kappa shape index (κ1) is 37.5. The van der Waals surface area contributed by atoms with E-state index in [0.717, 1.165) is 0 Å². The number of rotatable bonds is 23. The summed E-state index contributed by atoms with van der Waals surface area (Å²) in [6.07, 6.45) is 2.72. The van der Waals surface area contributed by atoms with Crippen molar-refractivity contribution >= 4 is 36.3 Å². The molecule has 0 aromatic rings. The highest BCUT2D eigenvalue weighted by molar-refractivity contribution is 5.80. The molecule has 42 heavy (non-hydrogen) atoms. The number of unbranched alkanes of at least 4 members (excludes halogenated alkanes) is 3. The molecule has 0 bridgehead atoms. The van der Waals surface area contributed by atoms with Crippen LogP contribution in [0.25, 0.3) is 0 Å². The van der Waals surface area contributed by atoms with Crippen molar-refractivity contribution < 1.29 is 57.9 Å². The fourth-order valence-electron chi connectivity index (χ4n) is 3.12. The molecule has 2 atom stereocenters. The molecule has 0 saturated carbocycles. The van der Waals surface area contributed by atoms with Crippen LogP contribution in [0.3, 0.4) is 0 Å². The van der Waals surface area contributed by atoms with Gasteiger partial charge in [0.2, 0.25) is 0 Å². The molecule has 0 aliphatic carbocycles. The summed E-state index contributed by atoms with van der Waals surface area (Å²) in [7, 11) is 0. The first-order chi connectivity index (χ1) is 20.1. The second-order valence-corrected chi connectivity index (χ2v) is 8.67. The van der Waals surface area contributed by atoms with E-state index >= 15 is 0 Å². The second kappa shape index (κ2) is 24.3. The van der Waals surface area contributed by atoms with Gasteiger partial charge in [0.05, 0.1) is 13.2 Å². The number of ether oxygens (including phenoxy) is 4. The van der Waals surface area contributed by atoms with Crippen LogP contribution in [0.5, 0.6) is 0 Å². The van der Waals surface area contributed by atoms with E-state index < -0.39 is 48.4 Å². The van der Waals surface area contributed by atoms with Crippen LogP contribution in [0.2, 0.25) is 0 Å². The summed E-state index contributed by atoms with van der Waals surface area (Å²) in [6, 6.07) is -2.22. The first-order valence-corrected chi connectivity index (χ1v) is 13.5. The number of hydrogen-bond acceptors (Lipinski definition) is 10. The lowest BCUT2D eigenvalue weighted by atomic mass is 10.1. The lowest BCUT2D eigenvalue weighted by Crippen LogP contribution is -2.41. The predicted molar refractivity (Wildman–Crippen MR) is 148 cm³/mol. The van der Waals surface area contributed by atoms with Crippen LogP contribution >= 0.6 is 0 Å². The van der Waals surface area contributed by atoms with E-state index in [9.17, 15) is 28.8 Å². The van der Waals surface area contributed by atoms with Gasteiger partial charge >= 0.3 is 36.3 Å². The van der Waals surface area contributed by atoms with Crippen LogP contribution in [-0.2, 0) is 28.5 Å². The van der Waals surface area contributed by atoms with Crippen LogP contribution in [0.15, 0.2) is 25.3 Å². The van der Waals surface area contributed by atoms with E-state index in [-0.39, 0.29) is 52.4 Å². The van der Waals surface area contributed by atoms with Crippen molar-refractivity contribution in [3.8, 4) is 0 Å². The molecule has 238 valence electrons. The van der Waals surface area contributed by atoms with Gasteiger partial charge in [0.25, 0.3) is 0 Å². The van der Waals surface area contributed by atoms with Crippen molar-refractivity contribution in [2.24, 2.45) is 0 Å². The normalized spacial score (nSPS) is 11.5. The van der Waals surface area contributed by atoms with Crippen LogP contribution in [0.1, 0.15) is 51.4 Å². The number of carbonyl (C=O) groups excluding carboxylic acids is 4. The highest BCUT2D eigenvalue weighted by Gasteiger charge is 2.21. The summed E-state index contributed by atoms with van der Waals surface area (Å²) in [5, 5.41) is 27.9. The Bertz CT molecular complexity index is 813. The van der Waals surface area contributed by atoms with Crippen LogP contribution in [0.4, 0.5) is 19.2 Å². The Balaban J connectivity index is 3.81. The minimum atomic E-state index is -1.19. The maximum absolute atomic E-state index is 11.7. The molecule has 16 nitrogen and oxygen atoms in total. The molecule has 0 saturated heterocycles. The van der Waals surface area contributed by atoms with Gasteiger partial charge in [-0.05, 0) is 51.4 Å². The fraction of sp³-hybridized carbons (Fsp3) is 0.615. The van der Waals surface area contributed by atoms with Gasteiger partial charge in [-0.2, -0.15) is 0 Å². The van der Waals surface area contributed by atoms with Crippen LogP contribution < -0.4 is 21.3 Å². The zero-order valence-corrected chi connectivity index (χ0v) is 23.6. The van der Waals surface area contributed by atoms with E-state index in [1.165, 1.54) is 12.2 Å². The van der Waals surface area contributed by atoms with Gasteiger partial charge in [-0.15, -0.1) is 0 Å². The molecule has 0 spiro atoms. The average Bonchev–Trinajstić information content (AvgIpc) is 2.94. The standard InChI is InChI=1S/C26H42N4O12/c1-3-15-39-25(37)29-19(21(31)32)11-5-7-13-27-23(35)41-17-9-10-18-42-24(36)28-14-8-6-12-20(22(33)34)30-26(38)40-16-4-2/h3-4,19-20H,1-2,5-18H2,(H,27,35)(H,28,36)(H,29,37)(H,30,38)(H,31,32)(H,33,34). The van der Waals surface area contributed by atoms with Crippen molar-refractivity contribution in [3.05, 3.63) is 25.3 Å². The van der Waals surface area contributed by atoms with Gasteiger partial charge in [-0.3, -0.25) is 0 Å². The smallest absolute Gasteiger partial charge is 0.408 e. The average molecular weight is 603 g/mol. The van der Waals surface area contributed by atoms with E-state index in [1.54, 1.807) is 0 Å². The maximum Gasteiger partial charge on any atom is 0.408 e. The van der Waals surface area contributed by atoms with Gasteiger partial charge < -0.3 is 50.4 Å². The third-order valence-electron chi connectivity index (χ3n) is 5.23. The number of hydrogen-bond donors (Lipinski definition) is 6. The molecular weight excluding hydrogens is 560 g/mol. The quantitative estimate of drug-likeness (QED) is 0.0562. The molecule has 0 rings (SSSR count). The van der Waals surface area contributed by atoms with Crippen LogP contribution in [0, 0.1) is 0 Å². The Morgan fingerprint density at radius 3 is 1.29 bits per heavy atom. The summed E-state index contributed by atoms with van der Waals surface area (Å²) in [6.45, 7) is 7.43. The van der Waals surface area contributed by atoms with E-state index in [2.05, 4.69) is 34.4 Å². The summed E-state index contributed by atoms with van der Waals surface area (Å²) < 4.78 is 19.4. The number of alkyl carbamates (subject to hydrolysis) is 4. The van der Waals surface area contributed by atoms with E-state index in [1.807, 2.05) is 0 Å². The molecule has 6 N–H and O–H groups in total. The molecule has 0 radical (unpaired) electrons. The molecular formula is C26H42N4O12. The Morgan fingerprint density at radius 1 is 0.571 bits per heavy atom. The summed E-state index contributed by atoms with van der Waals surface area (Å²) in [4.78, 5) is 68.8. The molecule has 2 unspecified atom stereocenters. The van der Waals surface area contributed by atoms with Gasteiger partial charge in [-0.1, -0.05) is 25.3 Å². The number of carboxylic acids is 2. The fourth-order valence-corrected chi connectivity index (χ4v) is 3.12. The molecule has 0 aliphatic heterocycles. The maximum atomic E-state index is 11.7. The van der Waals surface area contributed by atoms with Gasteiger partial charge in [-0.25, -0.2) is 28.8 Å². The van der Waals surface area contributed by atoms with E-state index in [0.29, 0.717) is 38.5 Å². The highest BCUT2D eigenvalue weighted by Crippen LogP contribution is 2.03. The first-order valence-electron chi connectivity index (χ1n) is 13.5. The number of aliphatic carboxylic acids is 2. The zero-order chi connectivity index (χ0) is 31.6. The Labute approximate surface area is 244 Å². The molecule has 0 aromatic carbocycles. The molecule has 0 aliphatic rings. The third kappa shape index (κ3) is 21.3. The Kier molecular flexibility index (Phi) is 21.7.